The molecular formula is C15H23NO3. The number of ether oxygens (including phenoxy) is 1. The van der Waals surface area contributed by atoms with Crippen LogP contribution in [-0.2, 0) is 11.2 Å². The Kier molecular flexibility index (Phi) is 6.36. The summed E-state index contributed by atoms with van der Waals surface area (Å²) in [7, 11) is 1.65. The minimum Gasteiger partial charge on any atom is -0.497 e. The minimum atomic E-state index is -0.774. The summed E-state index contributed by atoms with van der Waals surface area (Å²) in [6.45, 7) is 2.55. The van der Waals surface area contributed by atoms with Gasteiger partial charge in [0, 0.05) is 6.42 Å². The maximum atomic E-state index is 10.7. The SMILES string of the molecule is COc1cccc(CC(C)CC(CN)CC(=O)O)c1. The van der Waals surface area contributed by atoms with Crippen LogP contribution in [0, 0.1) is 11.8 Å². The summed E-state index contributed by atoms with van der Waals surface area (Å²) < 4.78 is 5.19. The maximum Gasteiger partial charge on any atom is 0.303 e. The van der Waals surface area contributed by atoms with Gasteiger partial charge < -0.3 is 15.6 Å². The van der Waals surface area contributed by atoms with Crippen LogP contribution in [0.5, 0.6) is 5.75 Å². The molecule has 106 valence electrons. The molecule has 0 radical (unpaired) electrons. The van der Waals surface area contributed by atoms with Crippen LogP contribution in [0.3, 0.4) is 0 Å². The zero-order chi connectivity index (χ0) is 14.3. The molecule has 2 unspecified atom stereocenters. The van der Waals surface area contributed by atoms with Crippen molar-refractivity contribution < 1.29 is 14.6 Å². The normalized spacial score (nSPS) is 13.8. The lowest BCUT2D eigenvalue weighted by atomic mass is 9.89. The van der Waals surface area contributed by atoms with E-state index in [-0.39, 0.29) is 12.3 Å². The Morgan fingerprint density at radius 3 is 2.79 bits per heavy atom. The summed E-state index contributed by atoms with van der Waals surface area (Å²) in [6.07, 6.45) is 1.90. The summed E-state index contributed by atoms with van der Waals surface area (Å²) in [4.78, 5) is 10.7. The van der Waals surface area contributed by atoms with Crippen molar-refractivity contribution in [1.29, 1.82) is 0 Å². The van der Waals surface area contributed by atoms with E-state index in [0.717, 1.165) is 18.6 Å². The number of hydrogen-bond acceptors (Lipinski definition) is 3. The average Bonchev–Trinajstić information content (AvgIpc) is 2.37. The van der Waals surface area contributed by atoms with Gasteiger partial charge in [-0.05, 0) is 48.9 Å². The third kappa shape index (κ3) is 5.75. The van der Waals surface area contributed by atoms with E-state index in [1.807, 2.05) is 18.2 Å². The van der Waals surface area contributed by atoms with Gasteiger partial charge >= 0.3 is 5.97 Å². The number of aliphatic carboxylic acids is 1. The summed E-state index contributed by atoms with van der Waals surface area (Å²) in [5.41, 5.74) is 6.83. The molecule has 1 aromatic rings. The third-order valence-corrected chi connectivity index (χ3v) is 3.25. The summed E-state index contributed by atoms with van der Waals surface area (Å²) >= 11 is 0. The Balaban J connectivity index is 2.53. The molecule has 0 aliphatic rings. The molecular weight excluding hydrogens is 242 g/mol. The molecule has 19 heavy (non-hydrogen) atoms. The number of benzene rings is 1. The van der Waals surface area contributed by atoms with E-state index < -0.39 is 5.97 Å². The molecule has 4 nitrogen and oxygen atoms in total. The molecule has 0 heterocycles. The van der Waals surface area contributed by atoms with Crippen molar-refractivity contribution in [3.05, 3.63) is 29.8 Å². The van der Waals surface area contributed by atoms with Crippen molar-refractivity contribution in [3.63, 3.8) is 0 Å². The smallest absolute Gasteiger partial charge is 0.303 e. The molecule has 0 aromatic heterocycles. The Hall–Kier alpha value is -1.55. The number of nitrogens with two attached hydrogens (primary N) is 1. The Morgan fingerprint density at radius 2 is 2.21 bits per heavy atom. The van der Waals surface area contributed by atoms with E-state index in [2.05, 4.69) is 13.0 Å². The highest BCUT2D eigenvalue weighted by atomic mass is 16.5. The zero-order valence-corrected chi connectivity index (χ0v) is 11.6. The Bertz CT molecular complexity index is 406. The van der Waals surface area contributed by atoms with Crippen molar-refractivity contribution in [1.82, 2.24) is 0 Å². The largest absolute Gasteiger partial charge is 0.497 e. The number of carbonyl (C=O) groups is 1. The van der Waals surface area contributed by atoms with E-state index in [4.69, 9.17) is 15.6 Å². The van der Waals surface area contributed by atoms with Gasteiger partial charge in [0.15, 0.2) is 0 Å². The molecule has 0 aliphatic heterocycles. The Morgan fingerprint density at radius 1 is 1.47 bits per heavy atom. The van der Waals surface area contributed by atoms with Crippen molar-refractivity contribution in [3.8, 4) is 5.75 Å². The van der Waals surface area contributed by atoms with Crippen LogP contribution < -0.4 is 10.5 Å². The van der Waals surface area contributed by atoms with Crippen LogP contribution in [0.15, 0.2) is 24.3 Å². The van der Waals surface area contributed by atoms with Crippen LogP contribution in [0.1, 0.15) is 25.3 Å². The van der Waals surface area contributed by atoms with Gasteiger partial charge in [0.25, 0.3) is 0 Å². The summed E-state index contributed by atoms with van der Waals surface area (Å²) in [5, 5.41) is 8.81. The van der Waals surface area contributed by atoms with Gasteiger partial charge in [0.05, 0.1) is 7.11 Å². The first-order chi connectivity index (χ1) is 9.05. The van der Waals surface area contributed by atoms with Crippen molar-refractivity contribution >= 4 is 5.97 Å². The van der Waals surface area contributed by atoms with E-state index in [1.165, 1.54) is 5.56 Å². The first-order valence-corrected chi connectivity index (χ1v) is 6.60. The average molecular weight is 265 g/mol. The van der Waals surface area contributed by atoms with Crippen molar-refractivity contribution in [2.75, 3.05) is 13.7 Å². The lowest BCUT2D eigenvalue weighted by molar-refractivity contribution is -0.138. The van der Waals surface area contributed by atoms with Crippen molar-refractivity contribution in [2.45, 2.75) is 26.2 Å². The van der Waals surface area contributed by atoms with Crippen LogP contribution in [0.2, 0.25) is 0 Å². The topological polar surface area (TPSA) is 72.5 Å². The fraction of sp³-hybridized carbons (Fsp3) is 0.533. The Labute approximate surface area is 114 Å². The quantitative estimate of drug-likeness (QED) is 0.756. The number of carboxylic acid groups (broad SMARTS) is 1. The molecule has 0 aliphatic carbocycles. The van der Waals surface area contributed by atoms with Gasteiger partial charge in [0.1, 0.15) is 5.75 Å². The van der Waals surface area contributed by atoms with Gasteiger partial charge in [-0.15, -0.1) is 0 Å². The number of rotatable bonds is 8. The summed E-state index contributed by atoms with van der Waals surface area (Å²) in [5.74, 6) is 0.535. The van der Waals surface area contributed by atoms with Gasteiger partial charge in [-0.2, -0.15) is 0 Å². The van der Waals surface area contributed by atoms with Crippen LogP contribution in [-0.4, -0.2) is 24.7 Å². The fourth-order valence-corrected chi connectivity index (χ4v) is 2.36. The van der Waals surface area contributed by atoms with E-state index >= 15 is 0 Å². The number of hydrogen-bond donors (Lipinski definition) is 2. The van der Waals surface area contributed by atoms with Crippen molar-refractivity contribution in [2.24, 2.45) is 17.6 Å². The van der Waals surface area contributed by atoms with Gasteiger partial charge in [0.2, 0.25) is 0 Å². The lowest BCUT2D eigenvalue weighted by Gasteiger charge is -2.18. The second kappa shape index (κ2) is 7.79. The van der Waals surface area contributed by atoms with Crippen LogP contribution >= 0.6 is 0 Å². The molecule has 1 aromatic carbocycles. The van der Waals surface area contributed by atoms with Crippen LogP contribution in [0.4, 0.5) is 0 Å². The highest BCUT2D eigenvalue weighted by Gasteiger charge is 2.15. The predicted octanol–water partition coefficient (Wildman–Crippen LogP) is 2.31. The molecule has 0 fully saturated rings. The van der Waals surface area contributed by atoms with Gasteiger partial charge in [-0.3, -0.25) is 4.79 Å². The third-order valence-electron chi connectivity index (χ3n) is 3.25. The maximum absolute atomic E-state index is 10.7. The van der Waals surface area contributed by atoms with Gasteiger partial charge in [-0.1, -0.05) is 19.1 Å². The molecule has 1 rings (SSSR count). The number of methoxy groups -OCH3 is 1. The van der Waals surface area contributed by atoms with Gasteiger partial charge in [-0.25, -0.2) is 0 Å². The highest BCUT2D eigenvalue weighted by Crippen LogP contribution is 2.21. The predicted molar refractivity (Wildman–Crippen MR) is 75.3 cm³/mol. The zero-order valence-electron chi connectivity index (χ0n) is 11.6. The summed E-state index contributed by atoms with van der Waals surface area (Å²) in [6, 6.07) is 7.97. The van der Waals surface area contributed by atoms with E-state index in [9.17, 15) is 4.79 Å². The molecule has 0 spiro atoms. The monoisotopic (exact) mass is 265 g/mol. The molecule has 4 heteroatoms. The van der Waals surface area contributed by atoms with E-state index in [0.29, 0.717) is 12.5 Å². The lowest BCUT2D eigenvalue weighted by Crippen LogP contribution is -2.21. The second-order valence-corrected chi connectivity index (χ2v) is 5.10. The molecule has 2 atom stereocenters. The highest BCUT2D eigenvalue weighted by molar-refractivity contribution is 5.67. The molecule has 3 N–H and O–H groups in total. The first-order valence-electron chi connectivity index (χ1n) is 6.60. The minimum absolute atomic E-state index is 0.0538. The number of carboxylic acids is 1. The molecule has 0 amide bonds. The fourth-order valence-electron chi connectivity index (χ4n) is 2.36. The second-order valence-electron chi connectivity index (χ2n) is 5.10. The van der Waals surface area contributed by atoms with E-state index in [1.54, 1.807) is 7.11 Å². The molecule has 0 saturated heterocycles. The van der Waals surface area contributed by atoms with Crippen LogP contribution in [0.25, 0.3) is 0 Å². The molecule has 0 saturated carbocycles. The first kappa shape index (κ1) is 15.5. The molecule has 0 bridgehead atoms. The standard InChI is InChI=1S/C15H23NO3/c1-11(7-13(10-16)9-15(17)18)6-12-4-3-5-14(8-12)19-2/h3-5,8,11,13H,6-7,9-10,16H2,1-2H3,(H,17,18).